The predicted octanol–water partition coefficient (Wildman–Crippen LogP) is 1.65. The van der Waals surface area contributed by atoms with Gasteiger partial charge in [0.15, 0.2) is 0 Å². The number of aryl methyl sites for hydroxylation is 1. The maximum Gasteiger partial charge on any atom is 0.338 e. The van der Waals surface area contributed by atoms with Crippen molar-refractivity contribution in [2.45, 2.75) is 20.4 Å². The van der Waals surface area contributed by atoms with Crippen molar-refractivity contribution in [2.24, 2.45) is 0 Å². The van der Waals surface area contributed by atoms with Crippen LogP contribution in [0.5, 0.6) is 5.75 Å². The molecule has 2 rings (SSSR count). The van der Waals surface area contributed by atoms with Crippen molar-refractivity contribution >= 4 is 5.97 Å². The smallest absolute Gasteiger partial charge is 0.338 e. The summed E-state index contributed by atoms with van der Waals surface area (Å²) in [6, 6.07) is 3.67. The first-order chi connectivity index (χ1) is 8.22. The van der Waals surface area contributed by atoms with Crippen molar-refractivity contribution in [1.29, 1.82) is 0 Å². The molecule has 1 aromatic carbocycles. The van der Waals surface area contributed by atoms with E-state index in [1.54, 1.807) is 6.92 Å². The highest BCUT2D eigenvalue weighted by Crippen LogP contribution is 2.27. The average Bonchev–Trinajstić information content (AvgIpc) is 2.54. The Bertz CT molecular complexity index is 429. The molecule has 4 nitrogen and oxygen atoms in total. The van der Waals surface area contributed by atoms with E-state index >= 15 is 0 Å². The van der Waals surface area contributed by atoms with Crippen molar-refractivity contribution < 1.29 is 14.3 Å². The van der Waals surface area contributed by atoms with Gasteiger partial charge in [0.05, 0.1) is 12.2 Å². The van der Waals surface area contributed by atoms with Crippen molar-refractivity contribution in [3.63, 3.8) is 0 Å². The van der Waals surface area contributed by atoms with Crippen LogP contribution in [0.1, 0.15) is 28.4 Å². The highest BCUT2D eigenvalue weighted by atomic mass is 16.5. The fraction of sp³-hybridized carbons (Fsp3) is 0.462. The fourth-order valence-corrected chi connectivity index (χ4v) is 1.97. The Hall–Kier alpha value is -1.55. The summed E-state index contributed by atoms with van der Waals surface area (Å²) in [6.45, 7) is 6.36. The number of hydrogen-bond donors (Lipinski definition) is 1. The van der Waals surface area contributed by atoms with Crippen LogP contribution in [0.2, 0.25) is 0 Å². The van der Waals surface area contributed by atoms with E-state index < -0.39 is 0 Å². The topological polar surface area (TPSA) is 47.6 Å². The van der Waals surface area contributed by atoms with Gasteiger partial charge in [-0.25, -0.2) is 4.79 Å². The summed E-state index contributed by atoms with van der Waals surface area (Å²) in [5.74, 6) is 0.616. The molecule has 4 heteroatoms. The molecule has 0 fully saturated rings. The van der Waals surface area contributed by atoms with Gasteiger partial charge in [-0.05, 0) is 31.5 Å². The Morgan fingerprint density at radius 3 is 3.12 bits per heavy atom. The Balaban J connectivity index is 2.35. The van der Waals surface area contributed by atoms with Gasteiger partial charge in [-0.2, -0.15) is 0 Å². The van der Waals surface area contributed by atoms with E-state index in [0.717, 1.165) is 30.0 Å². The predicted molar refractivity (Wildman–Crippen MR) is 64.3 cm³/mol. The van der Waals surface area contributed by atoms with Gasteiger partial charge in [0, 0.05) is 18.7 Å². The molecule has 0 aliphatic carbocycles. The second-order valence-corrected chi connectivity index (χ2v) is 4.03. The molecule has 92 valence electrons. The minimum Gasteiger partial charge on any atom is -0.492 e. The summed E-state index contributed by atoms with van der Waals surface area (Å²) in [6.07, 6.45) is 0. The summed E-state index contributed by atoms with van der Waals surface area (Å²) in [5, 5.41) is 3.25. The molecule has 1 N–H and O–H groups in total. The van der Waals surface area contributed by atoms with E-state index in [-0.39, 0.29) is 5.97 Å². The minimum absolute atomic E-state index is 0.275. The van der Waals surface area contributed by atoms with Gasteiger partial charge in [-0.15, -0.1) is 0 Å². The Kier molecular flexibility index (Phi) is 3.64. The molecule has 1 aliphatic rings. The first kappa shape index (κ1) is 11.9. The summed E-state index contributed by atoms with van der Waals surface area (Å²) < 4.78 is 10.7. The lowest BCUT2D eigenvalue weighted by Gasteiger charge is -2.12. The molecular weight excluding hydrogens is 218 g/mol. The Labute approximate surface area is 101 Å². The van der Waals surface area contributed by atoms with E-state index in [0.29, 0.717) is 18.8 Å². The summed E-state index contributed by atoms with van der Waals surface area (Å²) in [5.41, 5.74) is 2.59. The van der Waals surface area contributed by atoms with E-state index in [4.69, 9.17) is 9.47 Å². The first-order valence-corrected chi connectivity index (χ1v) is 5.86. The van der Waals surface area contributed by atoms with Crippen LogP contribution in [-0.2, 0) is 11.3 Å². The SMILES string of the molecule is CCOC(=O)c1cc(C)c2c(c1)CNCCO2. The highest BCUT2D eigenvalue weighted by Gasteiger charge is 2.16. The number of hydrogen-bond acceptors (Lipinski definition) is 4. The van der Waals surface area contributed by atoms with Gasteiger partial charge in [-0.3, -0.25) is 0 Å². The van der Waals surface area contributed by atoms with Crippen LogP contribution in [0.4, 0.5) is 0 Å². The molecule has 0 amide bonds. The third-order valence-electron chi connectivity index (χ3n) is 2.70. The average molecular weight is 235 g/mol. The van der Waals surface area contributed by atoms with E-state index in [9.17, 15) is 4.79 Å². The van der Waals surface area contributed by atoms with Gasteiger partial charge >= 0.3 is 5.97 Å². The maximum atomic E-state index is 11.7. The molecule has 0 saturated heterocycles. The van der Waals surface area contributed by atoms with Crippen LogP contribution in [0, 0.1) is 6.92 Å². The van der Waals surface area contributed by atoms with E-state index in [1.165, 1.54) is 0 Å². The summed E-state index contributed by atoms with van der Waals surface area (Å²) >= 11 is 0. The summed E-state index contributed by atoms with van der Waals surface area (Å²) in [4.78, 5) is 11.7. The van der Waals surface area contributed by atoms with Gasteiger partial charge in [-0.1, -0.05) is 0 Å². The zero-order chi connectivity index (χ0) is 12.3. The Morgan fingerprint density at radius 2 is 2.35 bits per heavy atom. The number of fused-ring (bicyclic) bond motifs is 1. The molecule has 0 bridgehead atoms. The number of rotatable bonds is 2. The van der Waals surface area contributed by atoms with Gasteiger partial charge in [0.25, 0.3) is 0 Å². The maximum absolute atomic E-state index is 11.7. The number of carbonyl (C=O) groups excluding carboxylic acids is 1. The molecule has 0 atom stereocenters. The lowest BCUT2D eigenvalue weighted by Crippen LogP contribution is -2.16. The summed E-state index contributed by atoms with van der Waals surface area (Å²) in [7, 11) is 0. The van der Waals surface area contributed by atoms with Crippen LogP contribution in [-0.4, -0.2) is 25.7 Å². The lowest BCUT2D eigenvalue weighted by atomic mass is 10.0. The molecule has 1 aromatic rings. The molecule has 0 aromatic heterocycles. The molecule has 1 aliphatic heterocycles. The standard InChI is InChI=1S/C13H17NO3/c1-3-16-13(15)10-6-9(2)12-11(7-10)8-14-4-5-17-12/h6-7,14H,3-5,8H2,1-2H3. The number of carbonyl (C=O) groups is 1. The Morgan fingerprint density at radius 1 is 1.53 bits per heavy atom. The quantitative estimate of drug-likeness (QED) is 0.792. The molecule has 17 heavy (non-hydrogen) atoms. The van der Waals surface area contributed by atoms with Crippen LogP contribution in [0.15, 0.2) is 12.1 Å². The van der Waals surface area contributed by atoms with Crippen LogP contribution >= 0.6 is 0 Å². The highest BCUT2D eigenvalue weighted by molar-refractivity contribution is 5.90. The number of nitrogens with one attached hydrogen (secondary N) is 1. The largest absolute Gasteiger partial charge is 0.492 e. The second kappa shape index (κ2) is 5.19. The molecular formula is C13H17NO3. The van der Waals surface area contributed by atoms with Crippen LogP contribution in [0.25, 0.3) is 0 Å². The third-order valence-corrected chi connectivity index (χ3v) is 2.70. The molecule has 1 heterocycles. The molecule has 0 unspecified atom stereocenters. The fourth-order valence-electron chi connectivity index (χ4n) is 1.97. The minimum atomic E-state index is -0.275. The van der Waals surface area contributed by atoms with Gasteiger partial charge in [0.2, 0.25) is 0 Å². The van der Waals surface area contributed by atoms with Gasteiger partial charge < -0.3 is 14.8 Å². The molecule has 0 radical (unpaired) electrons. The van der Waals surface area contributed by atoms with E-state index in [2.05, 4.69) is 5.32 Å². The van der Waals surface area contributed by atoms with Crippen molar-refractivity contribution in [2.75, 3.05) is 19.8 Å². The molecule has 0 saturated carbocycles. The first-order valence-electron chi connectivity index (χ1n) is 5.86. The van der Waals surface area contributed by atoms with E-state index in [1.807, 2.05) is 19.1 Å². The van der Waals surface area contributed by atoms with Gasteiger partial charge in [0.1, 0.15) is 12.4 Å². The lowest BCUT2D eigenvalue weighted by molar-refractivity contribution is 0.0526. The van der Waals surface area contributed by atoms with Crippen molar-refractivity contribution in [3.05, 3.63) is 28.8 Å². The number of benzene rings is 1. The van der Waals surface area contributed by atoms with Crippen molar-refractivity contribution in [1.82, 2.24) is 5.32 Å². The number of esters is 1. The van der Waals surface area contributed by atoms with Crippen LogP contribution < -0.4 is 10.1 Å². The van der Waals surface area contributed by atoms with Crippen molar-refractivity contribution in [3.8, 4) is 5.75 Å². The zero-order valence-electron chi connectivity index (χ0n) is 10.2. The molecule has 0 spiro atoms. The zero-order valence-corrected chi connectivity index (χ0v) is 10.2. The normalized spacial score (nSPS) is 14.5. The monoisotopic (exact) mass is 235 g/mol. The third kappa shape index (κ3) is 2.58. The second-order valence-electron chi connectivity index (χ2n) is 4.03. The number of ether oxygens (including phenoxy) is 2. The van der Waals surface area contributed by atoms with Crippen LogP contribution in [0.3, 0.4) is 0 Å².